The number of benzene rings is 2. The van der Waals surface area contributed by atoms with Crippen LogP contribution in [0.2, 0.25) is 0 Å². The fourth-order valence-electron chi connectivity index (χ4n) is 2.73. The Hall–Kier alpha value is -3.95. The zero-order chi connectivity index (χ0) is 25.6. The molecule has 3 aromatic rings. The molecule has 12 nitrogen and oxygen atoms in total. The molecule has 186 valence electrons. The van der Waals surface area contributed by atoms with E-state index in [4.69, 9.17) is 15.2 Å². The summed E-state index contributed by atoms with van der Waals surface area (Å²) in [5.41, 5.74) is 5.10. The molecule has 0 unspecified atom stereocenters. The second kappa shape index (κ2) is 11.0. The SMILES string of the molecule is COCCOCC(=O)NS(=O)(=O)c1ccc(Nc2nc(N)n(C(=O)c3c(F)cccc3F)n2)cc1. The molecule has 1 amide bonds. The van der Waals surface area contributed by atoms with Crippen LogP contribution in [0.4, 0.5) is 26.4 Å². The highest BCUT2D eigenvalue weighted by Crippen LogP contribution is 2.20. The van der Waals surface area contributed by atoms with Crippen LogP contribution in [-0.4, -0.2) is 61.9 Å². The largest absolute Gasteiger partial charge is 0.382 e. The van der Waals surface area contributed by atoms with Crippen LogP contribution in [0.1, 0.15) is 10.4 Å². The van der Waals surface area contributed by atoms with Gasteiger partial charge in [0.05, 0.1) is 18.1 Å². The summed E-state index contributed by atoms with van der Waals surface area (Å²) in [6.45, 7) is -0.0889. The van der Waals surface area contributed by atoms with Gasteiger partial charge in [-0.25, -0.2) is 21.9 Å². The summed E-state index contributed by atoms with van der Waals surface area (Å²) in [4.78, 5) is 27.8. The van der Waals surface area contributed by atoms with Crippen LogP contribution in [0.25, 0.3) is 0 Å². The van der Waals surface area contributed by atoms with Crippen LogP contribution in [0.15, 0.2) is 47.4 Å². The molecular formula is C20H20F2N6O6S. The molecule has 0 saturated heterocycles. The highest BCUT2D eigenvalue weighted by atomic mass is 32.2. The number of nitrogens with one attached hydrogen (secondary N) is 2. The average Bonchev–Trinajstić information content (AvgIpc) is 3.16. The summed E-state index contributed by atoms with van der Waals surface area (Å²) in [6.07, 6.45) is 0. The van der Waals surface area contributed by atoms with E-state index in [9.17, 15) is 26.8 Å². The quantitative estimate of drug-likeness (QED) is 0.335. The summed E-state index contributed by atoms with van der Waals surface area (Å²) < 4.78 is 64.6. The summed E-state index contributed by atoms with van der Waals surface area (Å²) in [7, 11) is -2.70. The normalized spacial score (nSPS) is 11.3. The van der Waals surface area contributed by atoms with Crippen LogP contribution in [0, 0.1) is 11.6 Å². The molecule has 35 heavy (non-hydrogen) atoms. The number of carbonyl (C=O) groups excluding carboxylic acids is 2. The fourth-order valence-corrected chi connectivity index (χ4v) is 3.70. The third-order valence-corrected chi connectivity index (χ3v) is 5.72. The molecule has 15 heteroatoms. The third-order valence-electron chi connectivity index (χ3n) is 4.34. The molecule has 0 aliphatic heterocycles. The van der Waals surface area contributed by atoms with E-state index in [1.807, 2.05) is 4.72 Å². The second-order valence-electron chi connectivity index (χ2n) is 6.83. The van der Waals surface area contributed by atoms with Gasteiger partial charge < -0.3 is 20.5 Å². The Bertz CT molecular complexity index is 1310. The Morgan fingerprint density at radius 2 is 1.74 bits per heavy atom. The number of methoxy groups -OCH3 is 1. The maximum atomic E-state index is 13.9. The van der Waals surface area contributed by atoms with Gasteiger partial charge in [-0.3, -0.25) is 9.59 Å². The van der Waals surface area contributed by atoms with Gasteiger partial charge in [-0.1, -0.05) is 6.07 Å². The van der Waals surface area contributed by atoms with Gasteiger partial charge in [-0.2, -0.15) is 9.67 Å². The topological polar surface area (TPSA) is 168 Å². The van der Waals surface area contributed by atoms with Crippen LogP contribution in [-0.2, 0) is 24.3 Å². The first-order chi connectivity index (χ1) is 16.6. The molecule has 1 aromatic heterocycles. The monoisotopic (exact) mass is 510 g/mol. The zero-order valence-electron chi connectivity index (χ0n) is 18.2. The number of hydrogen-bond donors (Lipinski definition) is 3. The Balaban J connectivity index is 1.68. The summed E-state index contributed by atoms with van der Waals surface area (Å²) in [5.74, 6) is -4.83. The van der Waals surface area contributed by atoms with E-state index >= 15 is 0 Å². The van der Waals surface area contributed by atoms with Crippen molar-refractivity contribution >= 4 is 39.4 Å². The molecular weight excluding hydrogens is 490 g/mol. The first kappa shape index (κ1) is 25.7. The van der Waals surface area contributed by atoms with Gasteiger partial charge in [0.2, 0.25) is 11.9 Å². The van der Waals surface area contributed by atoms with Crippen molar-refractivity contribution in [2.24, 2.45) is 0 Å². The number of hydrogen-bond acceptors (Lipinski definition) is 10. The number of aromatic nitrogens is 3. The van der Waals surface area contributed by atoms with Crippen molar-refractivity contribution in [3.63, 3.8) is 0 Å². The number of carbonyl (C=O) groups is 2. The first-order valence-corrected chi connectivity index (χ1v) is 11.3. The molecule has 0 bridgehead atoms. The van der Waals surface area contributed by atoms with E-state index < -0.39 is 51.6 Å². The molecule has 0 aliphatic rings. The van der Waals surface area contributed by atoms with Gasteiger partial charge in [0.15, 0.2) is 0 Å². The lowest BCUT2D eigenvalue weighted by Gasteiger charge is -2.08. The number of halogens is 2. The molecule has 0 radical (unpaired) electrons. The Labute approximate surface area is 198 Å². The molecule has 0 saturated carbocycles. The molecule has 1 heterocycles. The lowest BCUT2D eigenvalue weighted by Crippen LogP contribution is -2.33. The van der Waals surface area contributed by atoms with Crippen LogP contribution in [0.5, 0.6) is 0 Å². The minimum absolute atomic E-state index is 0.124. The standard InChI is InChI=1S/C20H20F2N6O6S/c1-33-9-10-34-11-16(29)27-35(31,32)13-7-5-12(6-8-13)24-20-25-19(23)28(26-20)18(30)17-14(21)3-2-4-15(17)22/h2-8H,9-11H2,1H3,(H,27,29)(H3,23,24,25,26). The number of nitrogens with two attached hydrogens (primary N) is 1. The van der Waals surface area contributed by atoms with Crippen molar-refractivity contribution < 1.29 is 36.3 Å². The van der Waals surface area contributed by atoms with Crippen molar-refractivity contribution in [2.45, 2.75) is 4.90 Å². The van der Waals surface area contributed by atoms with Crippen molar-refractivity contribution in [1.82, 2.24) is 19.5 Å². The predicted octanol–water partition coefficient (Wildman–Crippen LogP) is 1.04. The number of amides is 1. The van der Waals surface area contributed by atoms with Crippen molar-refractivity contribution in [2.75, 3.05) is 38.0 Å². The van der Waals surface area contributed by atoms with Crippen molar-refractivity contribution in [3.05, 3.63) is 59.7 Å². The molecule has 0 aliphatic carbocycles. The Morgan fingerprint density at radius 3 is 2.37 bits per heavy atom. The smallest absolute Gasteiger partial charge is 0.287 e. The number of sulfonamides is 1. The Morgan fingerprint density at radius 1 is 1.09 bits per heavy atom. The lowest BCUT2D eigenvalue weighted by atomic mass is 10.2. The van der Waals surface area contributed by atoms with E-state index in [0.717, 1.165) is 18.2 Å². The van der Waals surface area contributed by atoms with E-state index in [0.29, 0.717) is 10.4 Å². The number of anilines is 3. The van der Waals surface area contributed by atoms with E-state index in [2.05, 4.69) is 15.4 Å². The molecule has 4 N–H and O–H groups in total. The van der Waals surface area contributed by atoms with Gasteiger partial charge in [0.25, 0.3) is 21.8 Å². The summed E-state index contributed by atoms with van der Waals surface area (Å²) in [6, 6.07) is 8.00. The highest BCUT2D eigenvalue weighted by molar-refractivity contribution is 7.90. The Kier molecular flexibility index (Phi) is 8.06. The van der Waals surface area contributed by atoms with Crippen LogP contribution in [0.3, 0.4) is 0 Å². The van der Waals surface area contributed by atoms with Gasteiger partial charge in [-0.05, 0) is 36.4 Å². The minimum atomic E-state index is -4.15. The highest BCUT2D eigenvalue weighted by Gasteiger charge is 2.23. The summed E-state index contributed by atoms with van der Waals surface area (Å²) in [5, 5.41) is 6.49. The number of nitrogens with zero attached hydrogens (tertiary/aromatic N) is 3. The number of nitrogen functional groups attached to an aromatic ring is 1. The van der Waals surface area contributed by atoms with Gasteiger partial charge in [-0.15, -0.1) is 5.10 Å². The van der Waals surface area contributed by atoms with Crippen molar-refractivity contribution in [3.8, 4) is 0 Å². The van der Waals surface area contributed by atoms with Gasteiger partial charge in [0, 0.05) is 12.8 Å². The van der Waals surface area contributed by atoms with E-state index in [1.54, 1.807) is 0 Å². The van der Waals surface area contributed by atoms with E-state index in [1.165, 1.54) is 31.4 Å². The maximum Gasteiger partial charge on any atom is 0.287 e. The maximum absolute atomic E-state index is 13.9. The molecule has 0 atom stereocenters. The molecule has 3 rings (SSSR count). The molecule has 0 spiro atoms. The third kappa shape index (κ3) is 6.34. The first-order valence-electron chi connectivity index (χ1n) is 9.83. The van der Waals surface area contributed by atoms with Crippen LogP contribution >= 0.6 is 0 Å². The lowest BCUT2D eigenvalue weighted by molar-refractivity contribution is -0.124. The van der Waals surface area contributed by atoms with E-state index in [-0.39, 0.29) is 24.1 Å². The van der Waals surface area contributed by atoms with Crippen LogP contribution < -0.4 is 15.8 Å². The van der Waals surface area contributed by atoms with Gasteiger partial charge in [0.1, 0.15) is 23.8 Å². The second-order valence-corrected chi connectivity index (χ2v) is 8.51. The zero-order valence-corrected chi connectivity index (χ0v) is 19.0. The fraction of sp³-hybridized carbons (Fsp3) is 0.200. The van der Waals surface area contributed by atoms with Crippen molar-refractivity contribution in [1.29, 1.82) is 0 Å². The molecule has 0 fully saturated rings. The summed E-state index contributed by atoms with van der Waals surface area (Å²) >= 11 is 0. The predicted molar refractivity (Wildman–Crippen MR) is 118 cm³/mol. The minimum Gasteiger partial charge on any atom is -0.382 e. The number of rotatable bonds is 10. The van der Waals surface area contributed by atoms with Gasteiger partial charge >= 0.3 is 0 Å². The number of ether oxygens (including phenoxy) is 2. The average molecular weight is 510 g/mol. The molecule has 2 aromatic carbocycles.